The normalized spacial score (nSPS) is 15.7. The van der Waals surface area contributed by atoms with Crippen molar-refractivity contribution in [3.8, 4) is 5.75 Å². The van der Waals surface area contributed by atoms with Gasteiger partial charge in [-0.15, -0.1) is 28.1 Å². The maximum atomic E-state index is 13.0. The van der Waals surface area contributed by atoms with Crippen LogP contribution in [0.5, 0.6) is 5.75 Å². The predicted molar refractivity (Wildman–Crippen MR) is 161 cm³/mol. The fourth-order valence-corrected chi connectivity index (χ4v) is 6.92. The number of allylic oxidation sites excluding steroid dienone is 1. The number of ether oxygens (including phenoxy) is 2. The SMILES string of the molecule is C=CCn1c(SCC(=O)Nc2sc3c(c2C(=O)OC)CCC(C)C3)nnc1C(C)Oc1ccc(C(C)(C)C)cc1. The Labute approximate surface area is 244 Å². The highest BCUT2D eigenvalue weighted by atomic mass is 32.2. The molecule has 0 saturated carbocycles. The number of nitrogens with one attached hydrogen (secondary N) is 1. The molecule has 3 aromatic rings. The van der Waals surface area contributed by atoms with Gasteiger partial charge in [0.2, 0.25) is 5.91 Å². The molecule has 0 saturated heterocycles. The molecule has 8 nitrogen and oxygen atoms in total. The predicted octanol–water partition coefficient (Wildman–Crippen LogP) is 6.61. The van der Waals surface area contributed by atoms with Crippen molar-refractivity contribution in [2.45, 2.75) is 77.1 Å². The van der Waals surface area contributed by atoms with Gasteiger partial charge < -0.3 is 14.8 Å². The summed E-state index contributed by atoms with van der Waals surface area (Å²) in [6, 6.07) is 8.09. The number of anilines is 1. The van der Waals surface area contributed by atoms with E-state index < -0.39 is 5.97 Å². The number of thiophene rings is 1. The summed E-state index contributed by atoms with van der Waals surface area (Å²) in [4.78, 5) is 26.7. The molecule has 40 heavy (non-hydrogen) atoms. The van der Waals surface area contributed by atoms with Crippen LogP contribution in [0.2, 0.25) is 0 Å². The number of carbonyl (C=O) groups is 2. The third kappa shape index (κ3) is 6.78. The van der Waals surface area contributed by atoms with Crippen LogP contribution in [-0.2, 0) is 34.3 Å². The number of hydrogen-bond donors (Lipinski definition) is 1. The van der Waals surface area contributed by atoms with Crippen LogP contribution in [0.1, 0.15) is 79.3 Å². The van der Waals surface area contributed by atoms with Crippen LogP contribution in [0.3, 0.4) is 0 Å². The second-order valence-corrected chi connectivity index (χ2v) is 13.2. The molecule has 4 rings (SSSR count). The van der Waals surface area contributed by atoms with Crippen LogP contribution in [-0.4, -0.2) is 39.5 Å². The number of rotatable bonds is 10. The summed E-state index contributed by atoms with van der Waals surface area (Å²) in [5.41, 5.74) is 2.80. The molecule has 0 spiro atoms. The first kappa shape index (κ1) is 29.9. The molecular weight excluding hydrogens is 544 g/mol. The van der Waals surface area contributed by atoms with E-state index in [1.165, 1.54) is 35.8 Å². The number of benzene rings is 1. The Bertz CT molecular complexity index is 1370. The van der Waals surface area contributed by atoms with Crippen molar-refractivity contribution in [3.05, 3.63) is 64.3 Å². The number of aromatic nitrogens is 3. The van der Waals surface area contributed by atoms with E-state index in [9.17, 15) is 9.59 Å². The first-order chi connectivity index (χ1) is 19.0. The fraction of sp³-hybridized carbons (Fsp3) is 0.467. The van der Waals surface area contributed by atoms with Gasteiger partial charge in [-0.05, 0) is 60.8 Å². The molecule has 2 unspecified atom stereocenters. The standard InChI is InChI=1S/C30H38N4O4S2/c1-8-15-34-26(19(3)38-21-12-10-20(11-13-21)30(4,5)6)32-33-29(34)39-17-24(35)31-27-25(28(36)37-7)22-14-9-18(2)16-23(22)40-27/h8,10-13,18-19H,1,9,14-17H2,2-7H3,(H,31,35). The molecule has 0 bridgehead atoms. The topological polar surface area (TPSA) is 95.3 Å². The maximum absolute atomic E-state index is 13.0. The third-order valence-corrected chi connectivity index (χ3v) is 9.08. The Morgan fingerprint density at radius 2 is 2.00 bits per heavy atom. The minimum absolute atomic E-state index is 0.0645. The molecule has 1 amide bonds. The summed E-state index contributed by atoms with van der Waals surface area (Å²) in [5.74, 6) is 1.42. The summed E-state index contributed by atoms with van der Waals surface area (Å²) in [6.07, 6.45) is 4.14. The first-order valence-corrected chi connectivity index (χ1v) is 15.3. The molecule has 10 heteroatoms. The number of thioether (sulfide) groups is 1. The van der Waals surface area contributed by atoms with Crippen molar-refractivity contribution < 1.29 is 19.1 Å². The molecule has 1 aliphatic rings. The van der Waals surface area contributed by atoms with Crippen LogP contribution in [0, 0.1) is 5.92 Å². The zero-order chi connectivity index (χ0) is 29.0. The van der Waals surface area contributed by atoms with Crippen LogP contribution in [0.25, 0.3) is 0 Å². The summed E-state index contributed by atoms with van der Waals surface area (Å²) in [5, 5.41) is 12.8. The molecule has 2 atom stereocenters. The lowest BCUT2D eigenvalue weighted by atomic mass is 9.87. The molecule has 1 aromatic carbocycles. The van der Waals surface area contributed by atoms with Crippen LogP contribution in [0.15, 0.2) is 42.1 Å². The number of methoxy groups -OCH3 is 1. The molecule has 2 heterocycles. The van der Waals surface area contributed by atoms with E-state index in [2.05, 4.69) is 61.9 Å². The Balaban J connectivity index is 1.44. The summed E-state index contributed by atoms with van der Waals surface area (Å²) < 4.78 is 13.1. The summed E-state index contributed by atoms with van der Waals surface area (Å²) >= 11 is 2.76. The zero-order valence-electron chi connectivity index (χ0n) is 24.1. The highest BCUT2D eigenvalue weighted by molar-refractivity contribution is 7.99. The first-order valence-electron chi connectivity index (χ1n) is 13.5. The second-order valence-electron chi connectivity index (χ2n) is 11.2. The number of amides is 1. The number of nitrogens with zero attached hydrogens (tertiary/aromatic N) is 3. The van der Waals surface area contributed by atoms with E-state index in [1.54, 1.807) is 6.08 Å². The van der Waals surface area contributed by atoms with Gasteiger partial charge in [-0.2, -0.15) is 0 Å². The van der Waals surface area contributed by atoms with E-state index in [0.29, 0.717) is 34.0 Å². The summed E-state index contributed by atoms with van der Waals surface area (Å²) in [6.45, 7) is 15.0. The quantitative estimate of drug-likeness (QED) is 0.163. The van der Waals surface area contributed by atoms with E-state index >= 15 is 0 Å². The molecule has 0 fully saturated rings. The minimum Gasteiger partial charge on any atom is -0.483 e. The van der Waals surface area contributed by atoms with Gasteiger partial charge in [0.25, 0.3) is 0 Å². The third-order valence-electron chi connectivity index (χ3n) is 6.94. The molecule has 2 aromatic heterocycles. The van der Waals surface area contributed by atoms with Gasteiger partial charge in [-0.3, -0.25) is 9.36 Å². The Morgan fingerprint density at radius 1 is 1.27 bits per heavy atom. The number of esters is 1. The second kappa shape index (κ2) is 12.6. The van der Waals surface area contributed by atoms with Gasteiger partial charge in [-0.25, -0.2) is 4.79 Å². The zero-order valence-corrected chi connectivity index (χ0v) is 25.7. The number of fused-ring (bicyclic) bond motifs is 1. The van der Waals surface area contributed by atoms with Gasteiger partial charge >= 0.3 is 5.97 Å². The van der Waals surface area contributed by atoms with Crippen LogP contribution < -0.4 is 10.1 Å². The Hall–Kier alpha value is -3.11. The van der Waals surface area contributed by atoms with Crippen molar-refractivity contribution >= 4 is 40.0 Å². The lowest BCUT2D eigenvalue weighted by molar-refractivity contribution is -0.113. The largest absolute Gasteiger partial charge is 0.483 e. The number of carbonyl (C=O) groups excluding carboxylic acids is 2. The molecule has 0 radical (unpaired) electrons. The van der Waals surface area contributed by atoms with Crippen molar-refractivity contribution in [1.82, 2.24) is 14.8 Å². The highest BCUT2D eigenvalue weighted by Gasteiger charge is 2.29. The fourth-order valence-electron chi connectivity index (χ4n) is 4.75. The van der Waals surface area contributed by atoms with Crippen molar-refractivity contribution in [1.29, 1.82) is 0 Å². The van der Waals surface area contributed by atoms with Gasteiger partial charge in [0.1, 0.15) is 10.8 Å². The van der Waals surface area contributed by atoms with E-state index in [1.807, 2.05) is 23.6 Å². The van der Waals surface area contributed by atoms with Crippen LogP contribution in [0.4, 0.5) is 5.00 Å². The average molecular weight is 583 g/mol. The Kier molecular flexibility index (Phi) is 9.41. The smallest absolute Gasteiger partial charge is 0.341 e. The van der Waals surface area contributed by atoms with E-state index in [4.69, 9.17) is 9.47 Å². The van der Waals surface area contributed by atoms with Gasteiger partial charge in [0.15, 0.2) is 17.1 Å². The highest BCUT2D eigenvalue weighted by Crippen LogP contribution is 2.40. The molecule has 1 N–H and O–H groups in total. The van der Waals surface area contributed by atoms with E-state index in [0.717, 1.165) is 35.5 Å². The lowest BCUT2D eigenvalue weighted by Gasteiger charge is -2.20. The van der Waals surface area contributed by atoms with Crippen molar-refractivity contribution in [2.75, 3.05) is 18.2 Å². The number of hydrogen-bond acceptors (Lipinski definition) is 8. The van der Waals surface area contributed by atoms with Gasteiger partial charge in [0.05, 0.1) is 18.4 Å². The maximum Gasteiger partial charge on any atom is 0.341 e. The van der Waals surface area contributed by atoms with Crippen molar-refractivity contribution in [2.24, 2.45) is 5.92 Å². The lowest BCUT2D eigenvalue weighted by Crippen LogP contribution is -2.17. The van der Waals surface area contributed by atoms with E-state index in [-0.39, 0.29) is 23.2 Å². The summed E-state index contributed by atoms with van der Waals surface area (Å²) in [7, 11) is 1.37. The Morgan fingerprint density at radius 3 is 2.65 bits per heavy atom. The molecule has 1 aliphatic carbocycles. The van der Waals surface area contributed by atoms with Gasteiger partial charge in [0, 0.05) is 11.4 Å². The van der Waals surface area contributed by atoms with Crippen molar-refractivity contribution in [3.63, 3.8) is 0 Å². The molecule has 214 valence electrons. The average Bonchev–Trinajstić information content (AvgIpc) is 3.47. The molecular formula is C30H38N4O4S2. The van der Waals surface area contributed by atoms with Crippen LogP contribution >= 0.6 is 23.1 Å². The monoisotopic (exact) mass is 582 g/mol. The van der Waals surface area contributed by atoms with Gasteiger partial charge in [-0.1, -0.05) is 57.7 Å². The minimum atomic E-state index is -0.410. The molecule has 0 aliphatic heterocycles.